The maximum absolute atomic E-state index is 12.4. The van der Waals surface area contributed by atoms with E-state index in [2.05, 4.69) is 12.2 Å². The van der Waals surface area contributed by atoms with Crippen molar-refractivity contribution in [2.24, 2.45) is 5.92 Å². The summed E-state index contributed by atoms with van der Waals surface area (Å²) in [5, 5.41) is 3.42. The molecule has 0 saturated carbocycles. The van der Waals surface area contributed by atoms with Gasteiger partial charge in [-0.15, -0.1) is 0 Å². The molecule has 2 aliphatic heterocycles. The summed E-state index contributed by atoms with van der Waals surface area (Å²) in [5.74, 6) is 0.843. The van der Waals surface area contributed by atoms with E-state index >= 15 is 0 Å². The molecule has 2 heterocycles. The molecule has 2 atom stereocenters. The van der Waals surface area contributed by atoms with E-state index in [9.17, 15) is 4.79 Å². The molecule has 0 aromatic rings. The van der Waals surface area contributed by atoms with E-state index < -0.39 is 0 Å². The predicted octanol–water partition coefficient (Wildman–Crippen LogP) is 1.40. The molecular weight excluding hydrogens is 228 g/mol. The minimum Gasteiger partial charge on any atom is -0.368 e. The molecule has 2 rings (SSSR count). The Kier molecular flexibility index (Phi) is 5.45. The number of carbonyl (C=O) groups excluding carboxylic acids is 1. The van der Waals surface area contributed by atoms with Crippen LogP contribution in [0.3, 0.4) is 0 Å². The third kappa shape index (κ3) is 3.69. The Morgan fingerprint density at radius 2 is 2.28 bits per heavy atom. The summed E-state index contributed by atoms with van der Waals surface area (Å²) >= 11 is 0. The predicted molar refractivity (Wildman–Crippen MR) is 71.4 cm³/mol. The lowest BCUT2D eigenvalue weighted by Crippen LogP contribution is -2.45. The van der Waals surface area contributed by atoms with E-state index in [1.54, 1.807) is 0 Å². The van der Waals surface area contributed by atoms with Crippen molar-refractivity contribution >= 4 is 5.91 Å². The number of hydrogen-bond acceptors (Lipinski definition) is 3. The van der Waals surface area contributed by atoms with Crippen LogP contribution in [0.15, 0.2) is 0 Å². The van der Waals surface area contributed by atoms with E-state index in [-0.39, 0.29) is 12.0 Å². The van der Waals surface area contributed by atoms with Gasteiger partial charge in [0.2, 0.25) is 0 Å². The normalized spacial score (nSPS) is 28.3. The monoisotopic (exact) mass is 254 g/mol. The smallest absolute Gasteiger partial charge is 0.251 e. The van der Waals surface area contributed by atoms with Gasteiger partial charge >= 0.3 is 0 Å². The van der Waals surface area contributed by atoms with Crippen molar-refractivity contribution in [3.63, 3.8) is 0 Å². The average molecular weight is 254 g/mol. The third-order valence-corrected chi connectivity index (χ3v) is 3.89. The molecule has 2 unspecified atom stereocenters. The highest BCUT2D eigenvalue weighted by molar-refractivity contribution is 5.81. The number of carbonyl (C=O) groups is 1. The van der Waals surface area contributed by atoms with Gasteiger partial charge in [0.15, 0.2) is 0 Å². The number of rotatable bonds is 5. The largest absolute Gasteiger partial charge is 0.368 e. The summed E-state index contributed by atoms with van der Waals surface area (Å²) in [7, 11) is 0. The van der Waals surface area contributed by atoms with Crippen molar-refractivity contribution in [3.05, 3.63) is 0 Å². The number of nitrogens with zero attached hydrogens (tertiary/aromatic N) is 1. The first-order valence-electron chi connectivity index (χ1n) is 7.42. The SMILES string of the molecule is CCCN(CC1CCCNC1)C(=O)C1CCCO1. The molecule has 2 aliphatic rings. The van der Waals surface area contributed by atoms with Crippen molar-refractivity contribution in [2.45, 2.75) is 45.1 Å². The Morgan fingerprint density at radius 3 is 2.89 bits per heavy atom. The van der Waals surface area contributed by atoms with Crippen molar-refractivity contribution in [3.8, 4) is 0 Å². The van der Waals surface area contributed by atoms with Crippen LogP contribution in [0, 0.1) is 5.92 Å². The summed E-state index contributed by atoms with van der Waals surface area (Å²) in [5.41, 5.74) is 0. The number of ether oxygens (including phenoxy) is 1. The zero-order valence-electron chi connectivity index (χ0n) is 11.5. The summed E-state index contributed by atoms with van der Waals surface area (Å²) in [6, 6.07) is 0. The molecule has 0 spiro atoms. The molecule has 0 aromatic heterocycles. The average Bonchev–Trinajstić information content (AvgIpc) is 2.92. The zero-order valence-corrected chi connectivity index (χ0v) is 11.5. The summed E-state index contributed by atoms with van der Waals surface area (Å²) < 4.78 is 5.52. The Hall–Kier alpha value is -0.610. The Morgan fingerprint density at radius 1 is 1.39 bits per heavy atom. The molecular formula is C14H26N2O2. The van der Waals surface area contributed by atoms with E-state index in [0.29, 0.717) is 5.92 Å². The molecule has 2 fully saturated rings. The van der Waals surface area contributed by atoms with Gasteiger partial charge in [-0.3, -0.25) is 4.79 Å². The summed E-state index contributed by atoms with van der Waals surface area (Å²) in [6.07, 6.45) is 5.28. The van der Waals surface area contributed by atoms with E-state index in [4.69, 9.17) is 4.74 Å². The molecule has 4 heteroatoms. The first-order chi connectivity index (χ1) is 8.81. The summed E-state index contributed by atoms with van der Waals surface area (Å²) in [6.45, 7) is 6.84. The van der Waals surface area contributed by atoms with Gasteiger partial charge < -0.3 is 15.0 Å². The van der Waals surface area contributed by atoms with Gasteiger partial charge in [0.25, 0.3) is 5.91 Å². The highest BCUT2D eigenvalue weighted by Gasteiger charge is 2.29. The second-order valence-electron chi connectivity index (χ2n) is 5.50. The molecule has 1 amide bonds. The van der Waals surface area contributed by atoms with Gasteiger partial charge in [0.05, 0.1) is 0 Å². The zero-order chi connectivity index (χ0) is 12.8. The Bertz CT molecular complexity index is 259. The second kappa shape index (κ2) is 7.10. The molecule has 0 bridgehead atoms. The van der Waals surface area contributed by atoms with Crippen molar-refractivity contribution < 1.29 is 9.53 Å². The first-order valence-corrected chi connectivity index (χ1v) is 7.42. The molecule has 2 saturated heterocycles. The molecule has 0 aromatic carbocycles. The van der Waals surface area contributed by atoms with Crippen LogP contribution in [0.25, 0.3) is 0 Å². The molecule has 4 nitrogen and oxygen atoms in total. The van der Waals surface area contributed by atoms with Crippen molar-refractivity contribution in [1.82, 2.24) is 10.2 Å². The number of hydrogen-bond donors (Lipinski definition) is 1. The Labute approximate surface area is 110 Å². The second-order valence-corrected chi connectivity index (χ2v) is 5.50. The maximum atomic E-state index is 12.4. The lowest BCUT2D eigenvalue weighted by molar-refractivity contribution is -0.141. The number of nitrogens with one attached hydrogen (secondary N) is 1. The highest BCUT2D eigenvalue weighted by atomic mass is 16.5. The maximum Gasteiger partial charge on any atom is 0.251 e. The fourth-order valence-electron chi connectivity index (χ4n) is 2.93. The van der Waals surface area contributed by atoms with Gasteiger partial charge in [-0.05, 0) is 51.1 Å². The van der Waals surface area contributed by atoms with Gasteiger partial charge in [-0.25, -0.2) is 0 Å². The minimum atomic E-state index is -0.159. The van der Waals surface area contributed by atoms with Gasteiger partial charge in [0, 0.05) is 19.7 Å². The van der Waals surface area contributed by atoms with Crippen LogP contribution in [-0.4, -0.2) is 49.7 Å². The first kappa shape index (κ1) is 13.8. The minimum absolute atomic E-state index is 0.159. The van der Waals surface area contributed by atoms with Crippen LogP contribution in [-0.2, 0) is 9.53 Å². The summed E-state index contributed by atoms with van der Waals surface area (Å²) in [4.78, 5) is 14.4. The molecule has 0 radical (unpaired) electrons. The quantitative estimate of drug-likeness (QED) is 0.806. The lowest BCUT2D eigenvalue weighted by Gasteiger charge is -2.31. The highest BCUT2D eigenvalue weighted by Crippen LogP contribution is 2.18. The van der Waals surface area contributed by atoms with Crippen LogP contribution >= 0.6 is 0 Å². The third-order valence-electron chi connectivity index (χ3n) is 3.89. The lowest BCUT2D eigenvalue weighted by atomic mass is 9.98. The van der Waals surface area contributed by atoms with Gasteiger partial charge in [0.1, 0.15) is 6.10 Å². The van der Waals surface area contributed by atoms with Gasteiger partial charge in [-0.2, -0.15) is 0 Å². The fourth-order valence-corrected chi connectivity index (χ4v) is 2.93. The van der Waals surface area contributed by atoms with E-state index in [0.717, 1.165) is 52.0 Å². The number of amides is 1. The Balaban J connectivity index is 1.87. The van der Waals surface area contributed by atoms with Crippen LogP contribution in [0.4, 0.5) is 0 Å². The molecule has 18 heavy (non-hydrogen) atoms. The topological polar surface area (TPSA) is 41.6 Å². The number of piperidine rings is 1. The van der Waals surface area contributed by atoms with Crippen LogP contribution in [0.1, 0.15) is 39.0 Å². The standard InChI is InChI=1S/C14H26N2O2/c1-2-8-16(11-12-5-3-7-15-10-12)14(17)13-6-4-9-18-13/h12-13,15H,2-11H2,1H3. The van der Waals surface area contributed by atoms with Crippen molar-refractivity contribution in [1.29, 1.82) is 0 Å². The molecule has 0 aliphatic carbocycles. The molecule has 104 valence electrons. The van der Waals surface area contributed by atoms with E-state index in [1.807, 2.05) is 4.90 Å². The fraction of sp³-hybridized carbons (Fsp3) is 0.929. The molecule has 1 N–H and O–H groups in total. The van der Waals surface area contributed by atoms with Crippen molar-refractivity contribution in [2.75, 3.05) is 32.8 Å². The van der Waals surface area contributed by atoms with E-state index in [1.165, 1.54) is 12.8 Å². The van der Waals surface area contributed by atoms with Gasteiger partial charge in [-0.1, -0.05) is 6.92 Å². The van der Waals surface area contributed by atoms with Crippen LogP contribution < -0.4 is 5.32 Å². The van der Waals surface area contributed by atoms with Crippen LogP contribution in [0.5, 0.6) is 0 Å². The van der Waals surface area contributed by atoms with Crippen LogP contribution in [0.2, 0.25) is 0 Å².